The summed E-state index contributed by atoms with van der Waals surface area (Å²) in [6.07, 6.45) is 8.91. The first-order chi connectivity index (χ1) is 8.27. The molecule has 0 bridgehead atoms. The summed E-state index contributed by atoms with van der Waals surface area (Å²) in [7, 11) is 1.52. The van der Waals surface area contributed by atoms with Crippen molar-refractivity contribution >= 4 is 11.8 Å². The molecule has 0 fully saturated rings. The Bertz CT molecular complexity index is 456. The number of terminal acetylenes is 1. The van der Waals surface area contributed by atoms with Gasteiger partial charge in [0.1, 0.15) is 19.5 Å². The highest BCUT2D eigenvalue weighted by molar-refractivity contribution is 5.96. The molecule has 1 rings (SSSR count). The van der Waals surface area contributed by atoms with Crippen molar-refractivity contribution in [1.29, 1.82) is 0 Å². The number of rotatable bonds is 5. The summed E-state index contributed by atoms with van der Waals surface area (Å²) < 4.78 is 5.42. The lowest BCUT2D eigenvalue weighted by Gasteiger charge is -2.05. The van der Waals surface area contributed by atoms with Gasteiger partial charge in [0.05, 0.1) is 5.71 Å². The maximum atomic E-state index is 5.42. The number of oxime groups is 1. The molecule has 3 nitrogen and oxygen atoms in total. The predicted molar refractivity (Wildman–Crippen MR) is 69.9 cm³/mol. The minimum atomic E-state index is 0.260. The SMILES string of the molecule is C#CCOc1ccccc1/C=C/C(C)=N/OC. The number of allylic oxidation sites excluding steroid dienone is 1. The van der Waals surface area contributed by atoms with Gasteiger partial charge in [-0.3, -0.25) is 0 Å². The Morgan fingerprint density at radius 3 is 2.94 bits per heavy atom. The van der Waals surface area contributed by atoms with Crippen LogP contribution in [0, 0.1) is 12.3 Å². The van der Waals surface area contributed by atoms with Gasteiger partial charge in [0.15, 0.2) is 0 Å². The van der Waals surface area contributed by atoms with Crippen LogP contribution in [-0.4, -0.2) is 19.4 Å². The third-order valence-corrected chi connectivity index (χ3v) is 1.97. The zero-order chi connectivity index (χ0) is 12.5. The van der Waals surface area contributed by atoms with Gasteiger partial charge in [-0.05, 0) is 25.1 Å². The van der Waals surface area contributed by atoms with Crippen molar-refractivity contribution < 1.29 is 9.57 Å². The number of hydrogen-bond donors (Lipinski definition) is 0. The lowest BCUT2D eigenvalue weighted by Crippen LogP contribution is -1.95. The number of ether oxygens (including phenoxy) is 1. The van der Waals surface area contributed by atoms with Crippen LogP contribution < -0.4 is 4.74 Å². The molecule has 0 unspecified atom stereocenters. The van der Waals surface area contributed by atoms with Gasteiger partial charge >= 0.3 is 0 Å². The van der Waals surface area contributed by atoms with Gasteiger partial charge in [-0.2, -0.15) is 0 Å². The van der Waals surface area contributed by atoms with Gasteiger partial charge in [0.2, 0.25) is 0 Å². The molecular weight excluding hydrogens is 214 g/mol. The van der Waals surface area contributed by atoms with Gasteiger partial charge < -0.3 is 9.57 Å². The summed E-state index contributed by atoms with van der Waals surface area (Å²) >= 11 is 0. The maximum Gasteiger partial charge on any atom is 0.148 e. The minimum absolute atomic E-state index is 0.260. The fourth-order valence-corrected chi connectivity index (χ4v) is 1.25. The van der Waals surface area contributed by atoms with Crippen molar-refractivity contribution in [3.05, 3.63) is 35.9 Å². The monoisotopic (exact) mass is 229 g/mol. The second-order valence-electron chi connectivity index (χ2n) is 3.28. The zero-order valence-electron chi connectivity index (χ0n) is 10.0. The van der Waals surface area contributed by atoms with Gasteiger partial charge in [-0.15, -0.1) is 6.42 Å². The van der Waals surface area contributed by atoms with Crippen LogP contribution in [0.5, 0.6) is 5.75 Å². The van der Waals surface area contributed by atoms with E-state index in [2.05, 4.69) is 15.9 Å². The normalized spacial score (nSPS) is 11.2. The average Bonchev–Trinajstić information content (AvgIpc) is 2.35. The summed E-state index contributed by atoms with van der Waals surface area (Å²) in [6, 6.07) is 7.66. The van der Waals surface area contributed by atoms with E-state index in [0.29, 0.717) is 0 Å². The standard InChI is InChI=1S/C14H15NO2/c1-4-11-17-14-8-6-5-7-13(14)10-9-12(2)15-16-3/h1,5-10H,11H2,2-3H3/b10-9+,15-12+. The van der Waals surface area contributed by atoms with E-state index in [1.807, 2.05) is 43.3 Å². The summed E-state index contributed by atoms with van der Waals surface area (Å²) in [4.78, 5) is 4.67. The lowest BCUT2D eigenvalue weighted by atomic mass is 10.1. The average molecular weight is 229 g/mol. The first kappa shape index (κ1) is 12.9. The largest absolute Gasteiger partial charge is 0.480 e. The van der Waals surface area contributed by atoms with E-state index in [1.54, 1.807) is 0 Å². The highest BCUT2D eigenvalue weighted by Crippen LogP contribution is 2.19. The molecule has 1 aromatic rings. The van der Waals surface area contributed by atoms with Crippen LogP contribution in [0.25, 0.3) is 6.08 Å². The molecule has 0 heterocycles. The van der Waals surface area contributed by atoms with E-state index in [9.17, 15) is 0 Å². The Balaban J connectivity index is 2.83. The highest BCUT2D eigenvalue weighted by Gasteiger charge is 1.98. The van der Waals surface area contributed by atoms with E-state index in [4.69, 9.17) is 11.2 Å². The van der Waals surface area contributed by atoms with Crippen LogP contribution in [0.3, 0.4) is 0 Å². The molecule has 0 atom stereocenters. The summed E-state index contributed by atoms with van der Waals surface area (Å²) in [5.74, 6) is 3.19. The van der Waals surface area contributed by atoms with E-state index in [1.165, 1.54) is 7.11 Å². The number of hydrogen-bond acceptors (Lipinski definition) is 3. The van der Waals surface area contributed by atoms with Gasteiger partial charge in [0.25, 0.3) is 0 Å². The molecule has 1 aromatic carbocycles. The minimum Gasteiger partial charge on any atom is -0.480 e. The molecule has 0 saturated heterocycles. The smallest absolute Gasteiger partial charge is 0.148 e. The zero-order valence-corrected chi connectivity index (χ0v) is 10.0. The van der Waals surface area contributed by atoms with Crippen molar-refractivity contribution in [2.24, 2.45) is 5.16 Å². The molecular formula is C14H15NO2. The fraction of sp³-hybridized carbons (Fsp3) is 0.214. The molecule has 0 N–H and O–H groups in total. The van der Waals surface area contributed by atoms with Gasteiger partial charge in [0, 0.05) is 5.56 Å². The van der Waals surface area contributed by atoms with Crippen molar-refractivity contribution in [2.45, 2.75) is 6.92 Å². The lowest BCUT2D eigenvalue weighted by molar-refractivity contribution is 0.213. The topological polar surface area (TPSA) is 30.8 Å². The third kappa shape index (κ3) is 4.43. The molecule has 0 spiro atoms. The van der Waals surface area contributed by atoms with E-state index in [0.717, 1.165) is 17.0 Å². The molecule has 0 radical (unpaired) electrons. The summed E-state index contributed by atoms with van der Waals surface area (Å²) in [6.45, 7) is 2.11. The first-order valence-electron chi connectivity index (χ1n) is 5.19. The van der Waals surface area contributed by atoms with Crippen molar-refractivity contribution in [2.75, 3.05) is 13.7 Å². The predicted octanol–water partition coefficient (Wildman–Crippen LogP) is 2.73. The van der Waals surface area contributed by atoms with E-state index >= 15 is 0 Å². The second-order valence-corrected chi connectivity index (χ2v) is 3.28. The Morgan fingerprint density at radius 2 is 2.24 bits per heavy atom. The summed E-state index contributed by atoms with van der Waals surface area (Å²) in [5, 5.41) is 3.79. The molecule has 88 valence electrons. The Labute approximate surface area is 102 Å². The second kappa shape index (κ2) is 7.13. The maximum absolute atomic E-state index is 5.42. The van der Waals surface area contributed by atoms with Crippen LogP contribution in [0.1, 0.15) is 12.5 Å². The van der Waals surface area contributed by atoms with Crippen molar-refractivity contribution in [3.8, 4) is 18.1 Å². The summed E-state index contributed by atoms with van der Waals surface area (Å²) in [5.41, 5.74) is 1.73. The molecule has 3 heteroatoms. The molecule has 0 aliphatic heterocycles. The number of para-hydroxylation sites is 1. The van der Waals surface area contributed by atoms with Crippen LogP contribution in [0.15, 0.2) is 35.5 Å². The number of nitrogens with zero attached hydrogens (tertiary/aromatic N) is 1. The Hall–Kier alpha value is -2.21. The molecule has 0 aromatic heterocycles. The highest BCUT2D eigenvalue weighted by atomic mass is 16.6. The molecule has 0 amide bonds. The van der Waals surface area contributed by atoms with E-state index < -0.39 is 0 Å². The third-order valence-electron chi connectivity index (χ3n) is 1.97. The fourth-order valence-electron chi connectivity index (χ4n) is 1.25. The van der Waals surface area contributed by atoms with Crippen LogP contribution >= 0.6 is 0 Å². The Kier molecular flexibility index (Phi) is 5.39. The van der Waals surface area contributed by atoms with Gasteiger partial charge in [-0.1, -0.05) is 29.3 Å². The molecule has 0 saturated carbocycles. The molecule has 17 heavy (non-hydrogen) atoms. The van der Waals surface area contributed by atoms with Crippen LogP contribution in [-0.2, 0) is 4.84 Å². The Morgan fingerprint density at radius 1 is 1.47 bits per heavy atom. The quantitative estimate of drug-likeness (QED) is 0.441. The van der Waals surface area contributed by atoms with Crippen molar-refractivity contribution in [1.82, 2.24) is 0 Å². The first-order valence-corrected chi connectivity index (χ1v) is 5.19. The van der Waals surface area contributed by atoms with Crippen LogP contribution in [0.4, 0.5) is 0 Å². The molecule has 0 aliphatic carbocycles. The molecule has 0 aliphatic rings. The number of benzene rings is 1. The van der Waals surface area contributed by atoms with Crippen molar-refractivity contribution in [3.63, 3.8) is 0 Å². The van der Waals surface area contributed by atoms with E-state index in [-0.39, 0.29) is 6.61 Å². The van der Waals surface area contributed by atoms with Crippen LogP contribution in [0.2, 0.25) is 0 Å². The van der Waals surface area contributed by atoms with Gasteiger partial charge in [-0.25, -0.2) is 0 Å².